The molecule has 2 aromatic rings. The first-order valence-electron chi connectivity index (χ1n) is 8.72. The van der Waals surface area contributed by atoms with Crippen LogP contribution in [0.1, 0.15) is 34.6 Å². The maximum Gasteiger partial charge on any atom is 0.252 e. The second kappa shape index (κ2) is 8.51. The van der Waals surface area contributed by atoms with Crippen LogP contribution in [0.15, 0.2) is 18.3 Å². The number of carbonyl (C=O) groups is 1. The average molecular weight is 379 g/mol. The molecule has 1 saturated heterocycles. The topological polar surface area (TPSA) is 78.3 Å². The summed E-state index contributed by atoms with van der Waals surface area (Å²) in [6.07, 6.45) is 3.16. The lowest BCUT2D eigenvalue weighted by molar-refractivity contribution is 0.0238. The summed E-state index contributed by atoms with van der Waals surface area (Å²) >= 11 is 6.23. The van der Waals surface area contributed by atoms with E-state index in [4.69, 9.17) is 21.1 Å². The summed E-state index contributed by atoms with van der Waals surface area (Å²) in [4.78, 5) is 16.5. The molecule has 140 valence electrons. The number of rotatable bonds is 6. The first-order chi connectivity index (χ1) is 12.5. The number of pyridine rings is 1. The van der Waals surface area contributed by atoms with Crippen molar-refractivity contribution in [2.45, 2.75) is 39.3 Å². The Kier molecular flexibility index (Phi) is 6.11. The van der Waals surface area contributed by atoms with Gasteiger partial charge in [-0.3, -0.25) is 9.48 Å². The molecule has 1 aliphatic heterocycles. The SMILES string of the molecule is Cc1cc(C)n(CCNC(=O)c2cnc(OC3CCOCC3)c(Cl)c2)n1. The Morgan fingerprint density at radius 2 is 2.15 bits per heavy atom. The molecule has 1 aliphatic rings. The number of aromatic nitrogens is 3. The van der Waals surface area contributed by atoms with Crippen molar-refractivity contribution in [2.75, 3.05) is 19.8 Å². The van der Waals surface area contributed by atoms with Gasteiger partial charge in [-0.25, -0.2) is 4.98 Å². The van der Waals surface area contributed by atoms with Gasteiger partial charge in [0.1, 0.15) is 11.1 Å². The summed E-state index contributed by atoms with van der Waals surface area (Å²) in [6, 6.07) is 3.59. The van der Waals surface area contributed by atoms with E-state index in [1.807, 2.05) is 24.6 Å². The normalized spacial score (nSPS) is 15.0. The molecule has 7 nitrogen and oxygen atoms in total. The largest absolute Gasteiger partial charge is 0.473 e. The van der Waals surface area contributed by atoms with Crippen molar-refractivity contribution >= 4 is 17.5 Å². The van der Waals surface area contributed by atoms with Crippen LogP contribution in [0, 0.1) is 13.8 Å². The van der Waals surface area contributed by atoms with E-state index in [-0.39, 0.29) is 12.0 Å². The Labute approximate surface area is 157 Å². The molecule has 3 heterocycles. The molecule has 0 atom stereocenters. The number of ether oxygens (including phenoxy) is 2. The number of nitrogens with one attached hydrogen (secondary N) is 1. The van der Waals surface area contributed by atoms with Gasteiger partial charge in [-0.2, -0.15) is 5.10 Å². The second-order valence-corrected chi connectivity index (χ2v) is 6.75. The number of hydrogen-bond donors (Lipinski definition) is 1. The highest BCUT2D eigenvalue weighted by molar-refractivity contribution is 6.32. The van der Waals surface area contributed by atoms with Crippen LogP contribution in [0.3, 0.4) is 0 Å². The fourth-order valence-corrected chi connectivity index (χ4v) is 3.08. The van der Waals surface area contributed by atoms with Crippen LogP contribution in [0.4, 0.5) is 0 Å². The highest BCUT2D eigenvalue weighted by atomic mass is 35.5. The minimum atomic E-state index is -0.224. The molecule has 0 bridgehead atoms. The van der Waals surface area contributed by atoms with Crippen molar-refractivity contribution < 1.29 is 14.3 Å². The van der Waals surface area contributed by atoms with Crippen molar-refractivity contribution in [3.8, 4) is 5.88 Å². The van der Waals surface area contributed by atoms with Gasteiger partial charge in [-0.15, -0.1) is 0 Å². The number of aryl methyl sites for hydroxylation is 2. The van der Waals surface area contributed by atoms with Crippen LogP contribution in [-0.4, -0.2) is 46.5 Å². The molecule has 0 radical (unpaired) electrons. The van der Waals surface area contributed by atoms with Gasteiger partial charge in [-0.05, 0) is 26.0 Å². The van der Waals surface area contributed by atoms with Gasteiger partial charge in [0.15, 0.2) is 0 Å². The highest BCUT2D eigenvalue weighted by Gasteiger charge is 2.18. The number of amides is 1. The Bertz CT molecular complexity index is 772. The number of carbonyl (C=O) groups excluding carboxylic acids is 1. The molecule has 2 aromatic heterocycles. The Hall–Kier alpha value is -2.12. The molecular formula is C18H23ClN4O3. The summed E-state index contributed by atoms with van der Waals surface area (Å²) in [5, 5.41) is 7.56. The molecular weight excluding hydrogens is 356 g/mol. The second-order valence-electron chi connectivity index (χ2n) is 6.35. The zero-order valence-electron chi connectivity index (χ0n) is 15.0. The third-order valence-corrected chi connectivity index (χ3v) is 4.50. The van der Waals surface area contributed by atoms with Gasteiger partial charge in [0.05, 0.1) is 31.0 Å². The van der Waals surface area contributed by atoms with Gasteiger partial charge in [0, 0.05) is 31.3 Å². The van der Waals surface area contributed by atoms with Crippen LogP contribution >= 0.6 is 11.6 Å². The Morgan fingerprint density at radius 1 is 1.38 bits per heavy atom. The fourth-order valence-electron chi connectivity index (χ4n) is 2.87. The van der Waals surface area contributed by atoms with E-state index in [0.29, 0.717) is 42.8 Å². The van der Waals surface area contributed by atoms with Crippen molar-refractivity contribution in [1.29, 1.82) is 0 Å². The van der Waals surface area contributed by atoms with Crippen LogP contribution in [0.25, 0.3) is 0 Å². The van der Waals surface area contributed by atoms with E-state index in [2.05, 4.69) is 15.4 Å². The van der Waals surface area contributed by atoms with Crippen molar-refractivity contribution in [1.82, 2.24) is 20.1 Å². The third kappa shape index (κ3) is 4.74. The zero-order chi connectivity index (χ0) is 18.5. The number of nitrogens with zero attached hydrogens (tertiary/aromatic N) is 3. The zero-order valence-corrected chi connectivity index (χ0v) is 15.8. The van der Waals surface area contributed by atoms with Crippen molar-refractivity contribution in [3.63, 3.8) is 0 Å². The van der Waals surface area contributed by atoms with E-state index in [1.165, 1.54) is 6.20 Å². The molecule has 0 aromatic carbocycles. The van der Waals surface area contributed by atoms with Gasteiger partial charge in [-0.1, -0.05) is 11.6 Å². The third-order valence-electron chi connectivity index (χ3n) is 4.23. The Morgan fingerprint density at radius 3 is 2.81 bits per heavy atom. The molecule has 0 unspecified atom stereocenters. The lowest BCUT2D eigenvalue weighted by Gasteiger charge is -2.23. The molecule has 0 spiro atoms. The summed E-state index contributed by atoms with van der Waals surface area (Å²) in [5.41, 5.74) is 2.43. The summed E-state index contributed by atoms with van der Waals surface area (Å²) in [7, 11) is 0. The molecule has 0 aliphatic carbocycles. The van der Waals surface area contributed by atoms with E-state index < -0.39 is 0 Å². The summed E-state index contributed by atoms with van der Waals surface area (Å²) in [6.45, 7) is 6.37. The van der Waals surface area contributed by atoms with Crippen LogP contribution in [0.2, 0.25) is 5.02 Å². The molecule has 1 amide bonds. The van der Waals surface area contributed by atoms with Crippen LogP contribution < -0.4 is 10.1 Å². The lowest BCUT2D eigenvalue weighted by Crippen LogP contribution is -2.28. The van der Waals surface area contributed by atoms with E-state index in [0.717, 1.165) is 24.2 Å². The number of hydrogen-bond acceptors (Lipinski definition) is 5. The summed E-state index contributed by atoms with van der Waals surface area (Å²) in [5.74, 6) is 0.135. The molecule has 3 rings (SSSR count). The first kappa shape index (κ1) is 18.7. The predicted octanol–water partition coefficient (Wildman–Crippen LogP) is 2.54. The van der Waals surface area contributed by atoms with Gasteiger partial charge in [0.2, 0.25) is 5.88 Å². The maximum atomic E-state index is 12.3. The number of halogens is 1. The van der Waals surface area contributed by atoms with Crippen LogP contribution in [0.5, 0.6) is 5.88 Å². The average Bonchev–Trinajstić information content (AvgIpc) is 2.95. The van der Waals surface area contributed by atoms with E-state index in [9.17, 15) is 4.79 Å². The smallest absolute Gasteiger partial charge is 0.252 e. The van der Waals surface area contributed by atoms with E-state index >= 15 is 0 Å². The molecule has 1 fully saturated rings. The Balaban J connectivity index is 1.54. The van der Waals surface area contributed by atoms with Crippen molar-refractivity contribution in [3.05, 3.63) is 40.3 Å². The fraction of sp³-hybridized carbons (Fsp3) is 0.500. The molecule has 0 saturated carbocycles. The standard InChI is InChI=1S/C18H23ClN4O3/c1-12-9-13(2)23(22-12)6-5-20-17(24)14-10-16(19)18(21-11-14)26-15-3-7-25-8-4-15/h9-11,15H,3-8H2,1-2H3,(H,20,24). The van der Waals surface area contributed by atoms with Gasteiger partial charge in [0.25, 0.3) is 5.91 Å². The molecule has 26 heavy (non-hydrogen) atoms. The first-order valence-corrected chi connectivity index (χ1v) is 9.10. The summed E-state index contributed by atoms with van der Waals surface area (Å²) < 4.78 is 13.0. The van der Waals surface area contributed by atoms with E-state index in [1.54, 1.807) is 6.07 Å². The van der Waals surface area contributed by atoms with Crippen molar-refractivity contribution in [2.24, 2.45) is 0 Å². The predicted molar refractivity (Wildman–Crippen MR) is 97.8 cm³/mol. The minimum absolute atomic E-state index is 0.0502. The van der Waals surface area contributed by atoms with Gasteiger partial charge < -0.3 is 14.8 Å². The molecule has 1 N–H and O–H groups in total. The van der Waals surface area contributed by atoms with Gasteiger partial charge >= 0.3 is 0 Å². The lowest BCUT2D eigenvalue weighted by atomic mass is 10.1. The maximum absolute atomic E-state index is 12.3. The molecule has 8 heteroatoms. The quantitative estimate of drug-likeness (QED) is 0.835. The van der Waals surface area contributed by atoms with Crippen LogP contribution in [-0.2, 0) is 11.3 Å². The monoisotopic (exact) mass is 378 g/mol. The minimum Gasteiger partial charge on any atom is -0.473 e. The highest BCUT2D eigenvalue weighted by Crippen LogP contribution is 2.25.